The van der Waals surface area contributed by atoms with E-state index in [9.17, 15) is 9.59 Å². The van der Waals surface area contributed by atoms with Gasteiger partial charge in [-0.1, -0.05) is 18.2 Å². The van der Waals surface area contributed by atoms with Crippen LogP contribution in [0.3, 0.4) is 0 Å². The third-order valence-corrected chi connectivity index (χ3v) is 4.31. The van der Waals surface area contributed by atoms with Gasteiger partial charge in [0.15, 0.2) is 5.78 Å². The summed E-state index contributed by atoms with van der Waals surface area (Å²) < 4.78 is 10.6. The first-order valence-electron chi connectivity index (χ1n) is 7.67. The molecule has 0 spiro atoms. The summed E-state index contributed by atoms with van der Waals surface area (Å²) in [6, 6.07) is 14.0. The fourth-order valence-electron chi connectivity index (χ4n) is 3.24. The van der Waals surface area contributed by atoms with E-state index < -0.39 is 5.63 Å². The Morgan fingerprint density at radius 2 is 1.92 bits per heavy atom. The molecule has 2 aromatic carbocycles. The van der Waals surface area contributed by atoms with E-state index in [1.165, 1.54) is 6.07 Å². The molecule has 0 bridgehead atoms. The molecule has 0 saturated carbocycles. The number of hydrogen-bond donors (Lipinski definition) is 1. The molecule has 0 amide bonds. The predicted octanol–water partition coefficient (Wildman–Crippen LogP) is 3.54. The molecule has 1 aromatic heterocycles. The van der Waals surface area contributed by atoms with Gasteiger partial charge >= 0.3 is 5.63 Å². The van der Waals surface area contributed by atoms with Gasteiger partial charge in [-0.25, -0.2) is 4.79 Å². The van der Waals surface area contributed by atoms with Crippen LogP contribution in [-0.2, 0) is 0 Å². The standard InChI is InChI=1S/C19H15NO4/c1-23-16-5-3-2-4-11(16)14-10-15(21)19-12-6-9-18(22)24-17(12)8-7-13(19)20-14/h2-9,14,20H,10H2,1H3. The molecule has 1 aliphatic rings. The van der Waals surface area contributed by atoms with Crippen molar-refractivity contribution in [3.05, 3.63) is 70.1 Å². The van der Waals surface area contributed by atoms with E-state index >= 15 is 0 Å². The van der Waals surface area contributed by atoms with Crippen LogP contribution in [0.15, 0.2) is 57.7 Å². The van der Waals surface area contributed by atoms with Gasteiger partial charge in [-0.2, -0.15) is 0 Å². The Kier molecular flexibility index (Phi) is 3.34. The van der Waals surface area contributed by atoms with E-state index in [0.29, 0.717) is 23.0 Å². The zero-order chi connectivity index (χ0) is 16.7. The molecule has 1 atom stereocenters. The molecular weight excluding hydrogens is 306 g/mol. The minimum atomic E-state index is -0.425. The minimum absolute atomic E-state index is 0.0131. The molecule has 5 nitrogen and oxygen atoms in total. The number of carbonyl (C=O) groups excluding carboxylic acids is 1. The van der Waals surface area contributed by atoms with E-state index in [1.807, 2.05) is 24.3 Å². The minimum Gasteiger partial charge on any atom is -0.496 e. The van der Waals surface area contributed by atoms with Gasteiger partial charge in [-0.3, -0.25) is 4.79 Å². The summed E-state index contributed by atoms with van der Waals surface area (Å²) in [7, 11) is 1.62. The number of rotatable bonds is 2. The number of fused-ring (bicyclic) bond motifs is 3. The van der Waals surface area contributed by atoms with Gasteiger partial charge in [0.1, 0.15) is 11.3 Å². The Morgan fingerprint density at radius 3 is 2.75 bits per heavy atom. The number of anilines is 1. The molecule has 1 N–H and O–H groups in total. The Bertz CT molecular complexity index is 1010. The molecule has 1 aliphatic heterocycles. The maximum atomic E-state index is 12.8. The van der Waals surface area contributed by atoms with Crippen molar-refractivity contribution in [1.29, 1.82) is 0 Å². The molecule has 120 valence electrons. The molecule has 3 aromatic rings. The highest BCUT2D eigenvalue weighted by Gasteiger charge is 2.29. The Labute approximate surface area is 137 Å². The fraction of sp³-hybridized carbons (Fsp3) is 0.158. The number of hydrogen-bond acceptors (Lipinski definition) is 5. The van der Waals surface area contributed by atoms with Crippen molar-refractivity contribution < 1.29 is 13.9 Å². The fourth-order valence-corrected chi connectivity index (χ4v) is 3.24. The first-order valence-corrected chi connectivity index (χ1v) is 7.67. The van der Waals surface area contributed by atoms with Crippen LogP contribution < -0.4 is 15.7 Å². The number of ketones is 1. The van der Waals surface area contributed by atoms with Crippen molar-refractivity contribution in [3.63, 3.8) is 0 Å². The number of benzene rings is 2. The van der Waals surface area contributed by atoms with Crippen LogP contribution in [0.5, 0.6) is 5.75 Å². The van der Waals surface area contributed by atoms with Crippen molar-refractivity contribution in [2.75, 3.05) is 12.4 Å². The molecule has 4 rings (SSSR count). The predicted molar refractivity (Wildman–Crippen MR) is 90.8 cm³/mol. The van der Waals surface area contributed by atoms with Crippen LogP contribution in [0.1, 0.15) is 28.4 Å². The van der Waals surface area contributed by atoms with Crippen LogP contribution >= 0.6 is 0 Å². The summed E-state index contributed by atoms with van der Waals surface area (Å²) in [5.41, 5.74) is 2.25. The highest BCUT2D eigenvalue weighted by molar-refractivity contribution is 6.13. The van der Waals surface area contributed by atoms with Crippen molar-refractivity contribution in [3.8, 4) is 5.75 Å². The van der Waals surface area contributed by atoms with Crippen molar-refractivity contribution in [1.82, 2.24) is 0 Å². The van der Waals surface area contributed by atoms with Crippen LogP contribution in [-0.4, -0.2) is 12.9 Å². The summed E-state index contributed by atoms with van der Waals surface area (Å²) in [6.07, 6.45) is 0.311. The number of para-hydroxylation sites is 1. The van der Waals surface area contributed by atoms with Crippen molar-refractivity contribution >= 4 is 22.4 Å². The maximum absolute atomic E-state index is 12.8. The van der Waals surface area contributed by atoms with E-state index in [2.05, 4.69) is 5.32 Å². The van der Waals surface area contributed by atoms with Crippen LogP contribution in [0.25, 0.3) is 11.0 Å². The van der Waals surface area contributed by atoms with Crippen LogP contribution in [0.4, 0.5) is 5.69 Å². The number of methoxy groups -OCH3 is 1. The lowest BCUT2D eigenvalue weighted by molar-refractivity contribution is 0.0973. The van der Waals surface area contributed by atoms with Gasteiger partial charge in [-0.15, -0.1) is 0 Å². The third kappa shape index (κ3) is 2.25. The van der Waals surface area contributed by atoms with E-state index in [1.54, 1.807) is 25.3 Å². The second-order valence-corrected chi connectivity index (χ2v) is 5.72. The van der Waals surface area contributed by atoms with Gasteiger partial charge in [0.25, 0.3) is 0 Å². The molecule has 1 unspecified atom stereocenters. The van der Waals surface area contributed by atoms with Crippen molar-refractivity contribution in [2.45, 2.75) is 12.5 Å². The van der Waals surface area contributed by atoms with Crippen LogP contribution in [0.2, 0.25) is 0 Å². The van der Waals surface area contributed by atoms with Gasteiger partial charge in [0.2, 0.25) is 0 Å². The normalized spacial score (nSPS) is 16.5. The molecular formula is C19H15NO4. The Hall–Kier alpha value is -3.08. The maximum Gasteiger partial charge on any atom is 0.336 e. The smallest absolute Gasteiger partial charge is 0.336 e. The second-order valence-electron chi connectivity index (χ2n) is 5.72. The molecule has 0 radical (unpaired) electrons. The SMILES string of the molecule is COc1ccccc1C1CC(=O)c2c(ccc3oc(=O)ccc23)N1. The lowest BCUT2D eigenvalue weighted by Gasteiger charge is -2.28. The average molecular weight is 321 g/mol. The van der Waals surface area contributed by atoms with E-state index in [-0.39, 0.29) is 11.8 Å². The number of carbonyl (C=O) groups is 1. The first-order chi connectivity index (χ1) is 11.7. The molecule has 2 heterocycles. The van der Waals surface area contributed by atoms with Crippen molar-refractivity contribution in [2.24, 2.45) is 0 Å². The lowest BCUT2D eigenvalue weighted by atomic mass is 9.90. The molecule has 0 fully saturated rings. The Balaban J connectivity index is 1.82. The monoisotopic (exact) mass is 321 g/mol. The lowest BCUT2D eigenvalue weighted by Crippen LogP contribution is -2.23. The third-order valence-electron chi connectivity index (χ3n) is 4.31. The van der Waals surface area contributed by atoms with E-state index in [4.69, 9.17) is 9.15 Å². The van der Waals surface area contributed by atoms with Gasteiger partial charge < -0.3 is 14.5 Å². The average Bonchev–Trinajstić information content (AvgIpc) is 2.61. The zero-order valence-corrected chi connectivity index (χ0v) is 13.0. The highest BCUT2D eigenvalue weighted by Crippen LogP contribution is 2.38. The number of nitrogens with one attached hydrogen (secondary N) is 1. The molecule has 0 aliphatic carbocycles. The van der Waals surface area contributed by atoms with Gasteiger partial charge in [0.05, 0.1) is 18.7 Å². The van der Waals surface area contributed by atoms with E-state index in [0.717, 1.165) is 17.0 Å². The zero-order valence-electron chi connectivity index (χ0n) is 13.0. The molecule has 24 heavy (non-hydrogen) atoms. The summed E-state index contributed by atoms with van der Waals surface area (Å²) in [5.74, 6) is 0.761. The first kappa shape index (κ1) is 14.5. The number of ether oxygens (including phenoxy) is 1. The quantitative estimate of drug-likeness (QED) is 0.731. The number of Topliss-reactive ketones (excluding diaryl/α,β-unsaturated/α-hetero) is 1. The topological polar surface area (TPSA) is 68.5 Å². The van der Waals surface area contributed by atoms with Gasteiger partial charge in [0, 0.05) is 29.1 Å². The summed E-state index contributed by atoms with van der Waals surface area (Å²) >= 11 is 0. The summed E-state index contributed by atoms with van der Waals surface area (Å²) in [6.45, 7) is 0. The highest BCUT2D eigenvalue weighted by atomic mass is 16.5. The summed E-state index contributed by atoms with van der Waals surface area (Å²) in [4.78, 5) is 24.1. The Morgan fingerprint density at radius 1 is 1.08 bits per heavy atom. The summed E-state index contributed by atoms with van der Waals surface area (Å²) in [5, 5.41) is 4.06. The molecule has 5 heteroatoms. The molecule has 0 saturated heterocycles. The van der Waals surface area contributed by atoms with Crippen LogP contribution in [0, 0.1) is 0 Å². The second kappa shape index (κ2) is 5.53. The largest absolute Gasteiger partial charge is 0.496 e. The van der Waals surface area contributed by atoms with Gasteiger partial charge in [-0.05, 0) is 24.3 Å².